The van der Waals surface area contributed by atoms with Crippen LogP contribution in [0.5, 0.6) is 0 Å². The van der Waals surface area contributed by atoms with Crippen molar-refractivity contribution in [3.05, 3.63) is 18.0 Å². The summed E-state index contributed by atoms with van der Waals surface area (Å²) in [6.45, 7) is 8.89. The molecule has 0 unspecified atom stereocenters. The SMILES string of the molecule is CCNCC(C)(C)Cc1ccn(C2CCCCC2)n1. The van der Waals surface area contributed by atoms with Crippen molar-refractivity contribution in [2.75, 3.05) is 13.1 Å². The van der Waals surface area contributed by atoms with Crippen LogP contribution in [-0.4, -0.2) is 22.9 Å². The second-order valence-corrected chi connectivity index (χ2v) is 6.70. The van der Waals surface area contributed by atoms with Crippen molar-refractivity contribution in [1.29, 1.82) is 0 Å². The van der Waals surface area contributed by atoms with E-state index in [1.165, 1.54) is 37.8 Å². The van der Waals surface area contributed by atoms with E-state index < -0.39 is 0 Å². The van der Waals surface area contributed by atoms with Gasteiger partial charge in [0.2, 0.25) is 0 Å². The van der Waals surface area contributed by atoms with Crippen LogP contribution >= 0.6 is 0 Å². The summed E-state index contributed by atoms with van der Waals surface area (Å²) in [5.74, 6) is 0. The van der Waals surface area contributed by atoms with Gasteiger partial charge in [0.1, 0.15) is 0 Å². The summed E-state index contributed by atoms with van der Waals surface area (Å²) in [6, 6.07) is 2.86. The predicted octanol–water partition coefficient (Wildman–Crippen LogP) is 3.57. The molecule has 1 aliphatic carbocycles. The Morgan fingerprint density at radius 3 is 2.74 bits per heavy atom. The molecule has 2 rings (SSSR count). The largest absolute Gasteiger partial charge is 0.316 e. The van der Waals surface area contributed by atoms with Crippen LogP contribution in [0.4, 0.5) is 0 Å². The lowest BCUT2D eigenvalue weighted by atomic mass is 9.88. The zero-order chi connectivity index (χ0) is 13.7. The normalized spacial score (nSPS) is 17.8. The maximum absolute atomic E-state index is 4.82. The van der Waals surface area contributed by atoms with Gasteiger partial charge < -0.3 is 5.32 Å². The Kier molecular flexibility index (Phi) is 5.03. The Bertz CT molecular complexity index is 375. The molecule has 1 aromatic rings. The molecular weight excluding hydrogens is 234 g/mol. The Morgan fingerprint density at radius 1 is 1.32 bits per heavy atom. The van der Waals surface area contributed by atoms with Gasteiger partial charge in [0.05, 0.1) is 11.7 Å². The predicted molar refractivity (Wildman–Crippen MR) is 80.4 cm³/mol. The van der Waals surface area contributed by atoms with Gasteiger partial charge in [0.25, 0.3) is 0 Å². The number of rotatable bonds is 6. The molecule has 1 N–H and O–H groups in total. The fourth-order valence-corrected chi connectivity index (χ4v) is 3.04. The van der Waals surface area contributed by atoms with Crippen molar-refractivity contribution in [3.63, 3.8) is 0 Å². The van der Waals surface area contributed by atoms with E-state index in [0.717, 1.165) is 19.5 Å². The third kappa shape index (κ3) is 4.34. The molecule has 3 heteroatoms. The van der Waals surface area contributed by atoms with Crippen LogP contribution in [0.1, 0.15) is 64.6 Å². The van der Waals surface area contributed by atoms with Gasteiger partial charge in [-0.25, -0.2) is 0 Å². The number of nitrogens with one attached hydrogen (secondary N) is 1. The first-order valence-corrected chi connectivity index (χ1v) is 7.85. The molecule has 1 aromatic heterocycles. The molecule has 0 bridgehead atoms. The summed E-state index contributed by atoms with van der Waals surface area (Å²) in [5, 5.41) is 8.26. The average molecular weight is 263 g/mol. The monoisotopic (exact) mass is 263 g/mol. The zero-order valence-electron chi connectivity index (χ0n) is 12.8. The zero-order valence-corrected chi connectivity index (χ0v) is 12.8. The van der Waals surface area contributed by atoms with Crippen molar-refractivity contribution in [3.8, 4) is 0 Å². The van der Waals surface area contributed by atoms with Crippen LogP contribution in [0, 0.1) is 5.41 Å². The molecule has 3 nitrogen and oxygen atoms in total. The van der Waals surface area contributed by atoms with Crippen molar-refractivity contribution in [2.45, 2.75) is 65.3 Å². The van der Waals surface area contributed by atoms with Gasteiger partial charge >= 0.3 is 0 Å². The summed E-state index contributed by atoms with van der Waals surface area (Å²) >= 11 is 0. The second kappa shape index (κ2) is 6.56. The van der Waals surface area contributed by atoms with E-state index in [-0.39, 0.29) is 5.41 Å². The molecule has 0 atom stereocenters. The van der Waals surface area contributed by atoms with Crippen molar-refractivity contribution in [2.24, 2.45) is 5.41 Å². The van der Waals surface area contributed by atoms with E-state index in [9.17, 15) is 0 Å². The molecule has 19 heavy (non-hydrogen) atoms. The second-order valence-electron chi connectivity index (χ2n) is 6.70. The van der Waals surface area contributed by atoms with Crippen LogP contribution < -0.4 is 5.32 Å². The number of nitrogens with zero attached hydrogens (tertiary/aromatic N) is 2. The molecular formula is C16H29N3. The molecule has 0 aliphatic heterocycles. The summed E-state index contributed by atoms with van der Waals surface area (Å²) < 4.78 is 2.22. The highest BCUT2D eigenvalue weighted by Gasteiger charge is 2.21. The average Bonchev–Trinajstić information content (AvgIpc) is 2.85. The highest BCUT2D eigenvalue weighted by atomic mass is 15.3. The minimum Gasteiger partial charge on any atom is -0.316 e. The first kappa shape index (κ1) is 14.6. The van der Waals surface area contributed by atoms with Crippen LogP contribution in [0.2, 0.25) is 0 Å². The first-order chi connectivity index (χ1) is 9.11. The molecule has 0 saturated heterocycles. The van der Waals surface area contributed by atoms with Crippen molar-refractivity contribution < 1.29 is 0 Å². The highest BCUT2D eigenvalue weighted by Crippen LogP contribution is 2.28. The standard InChI is InChI=1S/C16H29N3/c1-4-17-13-16(2,3)12-14-10-11-19(18-14)15-8-6-5-7-9-15/h10-11,15,17H,4-9,12-13H2,1-3H3. The molecule has 1 saturated carbocycles. The Balaban J connectivity index is 1.92. The third-order valence-electron chi connectivity index (χ3n) is 4.13. The van der Waals surface area contributed by atoms with E-state index in [1.807, 2.05) is 0 Å². The smallest absolute Gasteiger partial charge is 0.0630 e. The lowest BCUT2D eigenvalue weighted by molar-refractivity contribution is 0.316. The quantitative estimate of drug-likeness (QED) is 0.850. The minimum absolute atomic E-state index is 0.280. The van der Waals surface area contributed by atoms with Gasteiger partial charge in [-0.3, -0.25) is 4.68 Å². The van der Waals surface area contributed by atoms with E-state index in [4.69, 9.17) is 5.10 Å². The van der Waals surface area contributed by atoms with Gasteiger partial charge in [-0.15, -0.1) is 0 Å². The van der Waals surface area contributed by atoms with Gasteiger partial charge in [0.15, 0.2) is 0 Å². The molecule has 108 valence electrons. The van der Waals surface area contributed by atoms with E-state index >= 15 is 0 Å². The molecule has 0 radical (unpaired) electrons. The van der Waals surface area contributed by atoms with E-state index in [1.54, 1.807) is 0 Å². The lowest BCUT2D eigenvalue weighted by Crippen LogP contribution is -2.31. The van der Waals surface area contributed by atoms with Gasteiger partial charge in [0, 0.05) is 12.7 Å². The lowest BCUT2D eigenvalue weighted by Gasteiger charge is -2.24. The fourth-order valence-electron chi connectivity index (χ4n) is 3.04. The number of hydrogen-bond donors (Lipinski definition) is 1. The topological polar surface area (TPSA) is 29.9 Å². The first-order valence-electron chi connectivity index (χ1n) is 7.85. The number of hydrogen-bond acceptors (Lipinski definition) is 2. The van der Waals surface area contributed by atoms with Crippen LogP contribution in [0.25, 0.3) is 0 Å². The van der Waals surface area contributed by atoms with Gasteiger partial charge in [-0.05, 0) is 37.3 Å². The summed E-state index contributed by atoms with van der Waals surface area (Å²) in [5.41, 5.74) is 1.52. The molecule has 0 aromatic carbocycles. The van der Waals surface area contributed by atoms with Crippen LogP contribution in [-0.2, 0) is 6.42 Å². The Hall–Kier alpha value is -0.830. The summed E-state index contributed by atoms with van der Waals surface area (Å²) in [4.78, 5) is 0. The molecule has 1 heterocycles. The number of aromatic nitrogens is 2. The van der Waals surface area contributed by atoms with E-state index in [0.29, 0.717) is 6.04 Å². The van der Waals surface area contributed by atoms with Crippen LogP contribution in [0.15, 0.2) is 12.3 Å². The molecule has 0 spiro atoms. The highest BCUT2D eigenvalue weighted by molar-refractivity contribution is 5.03. The minimum atomic E-state index is 0.280. The van der Waals surface area contributed by atoms with Crippen LogP contribution in [0.3, 0.4) is 0 Å². The Morgan fingerprint density at radius 2 is 2.05 bits per heavy atom. The molecule has 1 fully saturated rings. The molecule has 0 amide bonds. The fraction of sp³-hybridized carbons (Fsp3) is 0.812. The Labute approximate surface area is 117 Å². The van der Waals surface area contributed by atoms with Crippen molar-refractivity contribution in [1.82, 2.24) is 15.1 Å². The molecule has 1 aliphatic rings. The third-order valence-corrected chi connectivity index (χ3v) is 4.13. The van der Waals surface area contributed by atoms with Gasteiger partial charge in [-0.2, -0.15) is 5.10 Å². The summed E-state index contributed by atoms with van der Waals surface area (Å²) in [6.07, 6.45) is 10.00. The maximum atomic E-state index is 4.82. The van der Waals surface area contributed by atoms with E-state index in [2.05, 4.69) is 43.0 Å². The summed E-state index contributed by atoms with van der Waals surface area (Å²) in [7, 11) is 0. The maximum Gasteiger partial charge on any atom is 0.0630 e. The van der Waals surface area contributed by atoms with Crippen molar-refractivity contribution >= 4 is 0 Å². The van der Waals surface area contributed by atoms with Gasteiger partial charge in [-0.1, -0.05) is 40.0 Å².